The van der Waals surface area contributed by atoms with Gasteiger partial charge in [-0.05, 0) is 54.7 Å². The number of rotatable bonds is 7. The Morgan fingerprint density at radius 3 is 2.79 bits per heavy atom. The van der Waals surface area contributed by atoms with Gasteiger partial charge in [0.2, 0.25) is 11.8 Å². The summed E-state index contributed by atoms with van der Waals surface area (Å²) < 4.78 is 5.17. The topological polar surface area (TPSA) is 71.5 Å². The first-order valence-corrected chi connectivity index (χ1v) is 9.64. The summed E-state index contributed by atoms with van der Waals surface area (Å²) >= 11 is 0. The molecule has 0 aliphatic carbocycles. The van der Waals surface area contributed by atoms with Crippen LogP contribution in [0.1, 0.15) is 29.5 Å². The molecule has 0 bridgehead atoms. The summed E-state index contributed by atoms with van der Waals surface area (Å²) in [6, 6.07) is 9.78. The van der Waals surface area contributed by atoms with Crippen LogP contribution in [-0.2, 0) is 22.6 Å². The second kappa shape index (κ2) is 9.35. The molecule has 1 aromatic heterocycles. The highest BCUT2D eigenvalue weighted by atomic mass is 16.5. The minimum atomic E-state index is -0.157. The van der Waals surface area contributed by atoms with E-state index in [0.717, 1.165) is 28.9 Å². The number of pyridine rings is 1. The molecule has 1 fully saturated rings. The van der Waals surface area contributed by atoms with Crippen LogP contribution in [0, 0.1) is 12.8 Å². The predicted octanol–water partition coefficient (Wildman–Crippen LogP) is 2.50. The molecule has 148 valence electrons. The van der Waals surface area contributed by atoms with E-state index < -0.39 is 0 Å². The van der Waals surface area contributed by atoms with Crippen LogP contribution < -0.4 is 10.1 Å². The molecular weight excluding hydrogens is 354 g/mol. The number of likely N-dealkylation sites (tertiary alicyclic amines) is 1. The molecule has 2 heterocycles. The fourth-order valence-electron chi connectivity index (χ4n) is 3.43. The van der Waals surface area contributed by atoms with Crippen molar-refractivity contribution in [1.29, 1.82) is 0 Å². The fourth-order valence-corrected chi connectivity index (χ4v) is 3.43. The van der Waals surface area contributed by atoms with Gasteiger partial charge in [-0.2, -0.15) is 0 Å². The molecule has 28 heavy (non-hydrogen) atoms. The van der Waals surface area contributed by atoms with E-state index in [2.05, 4.69) is 10.3 Å². The van der Waals surface area contributed by atoms with Gasteiger partial charge >= 0.3 is 0 Å². The molecule has 2 amide bonds. The fraction of sp³-hybridized carbons (Fsp3) is 0.409. The van der Waals surface area contributed by atoms with Gasteiger partial charge in [0.05, 0.1) is 13.0 Å². The smallest absolute Gasteiger partial charge is 0.225 e. The molecule has 1 saturated heterocycles. The number of methoxy groups -OCH3 is 1. The normalized spacial score (nSPS) is 16.7. The average molecular weight is 381 g/mol. The molecule has 0 saturated carbocycles. The third-order valence-electron chi connectivity index (χ3n) is 5.29. The van der Waals surface area contributed by atoms with Crippen molar-refractivity contribution >= 4 is 11.8 Å². The van der Waals surface area contributed by atoms with Gasteiger partial charge in [-0.25, -0.2) is 0 Å². The molecule has 6 nitrogen and oxygen atoms in total. The summed E-state index contributed by atoms with van der Waals surface area (Å²) in [6.07, 6.45) is 5.32. The number of carbonyl (C=O) groups excluding carboxylic acids is 2. The molecular formula is C22H27N3O3. The Bertz CT molecular complexity index is 820. The zero-order valence-electron chi connectivity index (χ0n) is 16.5. The molecule has 1 aromatic carbocycles. The summed E-state index contributed by atoms with van der Waals surface area (Å²) in [4.78, 5) is 30.8. The second-order valence-electron chi connectivity index (χ2n) is 7.19. The minimum absolute atomic E-state index is 0.0122. The lowest BCUT2D eigenvalue weighted by Gasteiger charge is -2.32. The van der Waals surface area contributed by atoms with E-state index in [4.69, 9.17) is 4.74 Å². The number of carbonyl (C=O) groups is 2. The Morgan fingerprint density at radius 1 is 1.29 bits per heavy atom. The van der Waals surface area contributed by atoms with Gasteiger partial charge in [0.15, 0.2) is 0 Å². The molecule has 1 atom stereocenters. The summed E-state index contributed by atoms with van der Waals surface area (Å²) in [5.74, 6) is 0.801. The van der Waals surface area contributed by atoms with E-state index in [0.29, 0.717) is 32.5 Å². The molecule has 0 radical (unpaired) electrons. The zero-order valence-corrected chi connectivity index (χ0v) is 16.5. The van der Waals surface area contributed by atoms with Gasteiger partial charge in [-0.15, -0.1) is 0 Å². The maximum atomic E-state index is 12.6. The largest absolute Gasteiger partial charge is 0.497 e. The minimum Gasteiger partial charge on any atom is -0.497 e. The second-order valence-corrected chi connectivity index (χ2v) is 7.19. The van der Waals surface area contributed by atoms with Crippen LogP contribution in [0.2, 0.25) is 0 Å². The maximum absolute atomic E-state index is 12.6. The van der Waals surface area contributed by atoms with Gasteiger partial charge in [-0.3, -0.25) is 14.6 Å². The molecule has 6 heteroatoms. The van der Waals surface area contributed by atoms with Crippen LogP contribution in [0.4, 0.5) is 0 Å². The first kappa shape index (κ1) is 19.9. The third-order valence-corrected chi connectivity index (χ3v) is 5.29. The number of aromatic nitrogens is 1. The Morgan fingerprint density at radius 2 is 2.07 bits per heavy atom. The Kier molecular flexibility index (Phi) is 6.63. The summed E-state index contributed by atoms with van der Waals surface area (Å²) in [6.45, 7) is 3.58. The predicted molar refractivity (Wildman–Crippen MR) is 107 cm³/mol. The van der Waals surface area contributed by atoms with E-state index >= 15 is 0 Å². The first-order chi connectivity index (χ1) is 13.6. The highest BCUT2D eigenvalue weighted by Gasteiger charge is 2.29. The molecule has 3 rings (SSSR count). The lowest BCUT2D eigenvalue weighted by atomic mass is 9.96. The lowest BCUT2D eigenvalue weighted by molar-refractivity contribution is -0.138. The third kappa shape index (κ3) is 5.09. The maximum Gasteiger partial charge on any atom is 0.225 e. The van der Waals surface area contributed by atoms with E-state index in [9.17, 15) is 9.59 Å². The van der Waals surface area contributed by atoms with Gasteiger partial charge in [0.1, 0.15) is 5.75 Å². The number of benzene rings is 1. The first-order valence-electron chi connectivity index (χ1n) is 9.64. The van der Waals surface area contributed by atoms with Crippen LogP contribution in [0.3, 0.4) is 0 Å². The van der Waals surface area contributed by atoms with Crippen molar-refractivity contribution in [2.75, 3.05) is 20.2 Å². The van der Waals surface area contributed by atoms with Crippen LogP contribution in [-0.4, -0.2) is 41.9 Å². The van der Waals surface area contributed by atoms with Crippen molar-refractivity contribution in [2.45, 2.75) is 32.7 Å². The highest BCUT2D eigenvalue weighted by molar-refractivity contribution is 5.83. The van der Waals surface area contributed by atoms with E-state index in [1.54, 1.807) is 19.5 Å². The van der Waals surface area contributed by atoms with Gasteiger partial charge in [0, 0.05) is 38.4 Å². The number of aryl methyl sites for hydroxylation is 1. The van der Waals surface area contributed by atoms with E-state index in [1.165, 1.54) is 0 Å². The molecule has 1 unspecified atom stereocenters. The standard InChI is InChI=1S/C22H27N3O3/c1-16-13-23-11-9-18(16)14-24-22(27)19-5-8-21(26)25(15-19)12-10-17-3-6-20(28-2)7-4-17/h3-4,6-7,9,11,13,19H,5,8,10,12,14-15H2,1-2H3,(H,24,27). The number of piperidine rings is 1. The average Bonchev–Trinajstić information content (AvgIpc) is 2.72. The van der Waals surface area contributed by atoms with Crippen LogP contribution in [0.5, 0.6) is 5.75 Å². The molecule has 1 N–H and O–H groups in total. The van der Waals surface area contributed by atoms with Crippen molar-refractivity contribution in [3.05, 3.63) is 59.4 Å². The highest BCUT2D eigenvalue weighted by Crippen LogP contribution is 2.19. The molecule has 2 aromatic rings. The molecule has 0 spiro atoms. The van der Waals surface area contributed by atoms with E-state index in [-0.39, 0.29) is 17.7 Å². The van der Waals surface area contributed by atoms with Crippen LogP contribution in [0.15, 0.2) is 42.7 Å². The summed E-state index contributed by atoms with van der Waals surface area (Å²) in [7, 11) is 1.64. The van der Waals surface area contributed by atoms with E-state index in [1.807, 2.05) is 42.2 Å². The number of ether oxygens (including phenoxy) is 1. The van der Waals surface area contributed by atoms with Crippen molar-refractivity contribution in [3.63, 3.8) is 0 Å². The Hall–Kier alpha value is -2.89. The van der Waals surface area contributed by atoms with Gasteiger partial charge in [-0.1, -0.05) is 12.1 Å². The quantitative estimate of drug-likeness (QED) is 0.800. The van der Waals surface area contributed by atoms with Crippen LogP contribution in [0.25, 0.3) is 0 Å². The van der Waals surface area contributed by atoms with Crippen molar-refractivity contribution in [2.24, 2.45) is 5.92 Å². The number of amides is 2. The van der Waals surface area contributed by atoms with Crippen molar-refractivity contribution in [3.8, 4) is 5.75 Å². The van der Waals surface area contributed by atoms with Crippen LogP contribution >= 0.6 is 0 Å². The van der Waals surface area contributed by atoms with Crippen molar-refractivity contribution < 1.29 is 14.3 Å². The number of hydrogen-bond donors (Lipinski definition) is 1. The molecule has 1 aliphatic rings. The summed E-state index contributed by atoms with van der Waals surface area (Å²) in [5.41, 5.74) is 3.27. The Labute approximate surface area is 165 Å². The van der Waals surface area contributed by atoms with Crippen molar-refractivity contribution in [1.82, 2.24) is 15.2 Å². The van der Waals surface area contributed by atoms with Gasteiger partial charge < -0.3 is 15.0 Å². The number of nitrogens with one attached hydrogen (secondary N) is 1. The SMILES string of the molecule is COc1ccc(CCN2CC(C(=O)NCc3ccncc3C)CCC2=O)cc1. The monoisotopic (exact) mass is 381 g/mol. The number of hydrogen-bond acceptors (Lipinski definition) is 4. The molecule has 1 aliphatic heterocycles. The van der Waals surface area contributed by atoms with Gasteiger partial charge in [0.25, 0.3) is 0 Å². The summed E-state index contributed by atoms with van der Waals surface area (Å²) in [5, 5.41) is 3.01. The lowest BCUT2D eigenvalue weighted by Crippen LogP contribution is -2.46. The Balaban J connectivity index is 1.52. The number of nitrogens with zero attached hydrogens (tertiary/aromatic N) is 2. The zero-order chi connectivity index (χ0) is 19.9.